The predicted octanol–water partition coefficient (Wildman–Crippen LogP) is 2.64. The topological polar surface area (TPSA) is 12.5 Å². The highest BCUT2D eigenvalue weighted by Gasteiger charge is 2.19. The minimum atomic E-state index is 0.550. The summed E-state index contributed by atoms with van der Waals surface area (Å²) in [6, 6.07) is 6.32. The Morgan fingerprint density at radius 3 is 2.86 bits per heavy atom. The van der Waals surface area contributed by atoms with Crippen molar-refractivity contribution in [3.63, 3.8) is 0 Å². The first kappa shape index (κ1) is 9.38. The van der Waals surface area contributed by atoms with E-state index >= 15 is 0 Å². The number of anilines is 1. The van der Waals surface area contributed by atoms with Crippen LogP contribution in [0.15, 0.2) is 18.2 Å². The lowest BCUT2D eigenvalue weighted by Crippen LogP contribution is -2.29. The van der Waals surface area contributed by atoms with E-state index in [4.69, 9.17) is 4.74 Å². The molecule has 0 spiro atoms. The number of para-hydroxylation sites is 1. The summed E-state index contributed by atoms with van der Waals surface area (Å²) in [7, 11) is 2.13. The molecule has 1 aliphatic heterocycles. The number of nitrogens with zero attached hydrogens (tertiary/aromatic N) is 1. The highest BCUT2D eigenvalue weighted by atomic mass is 16.5. The minimum Gasteiger partial charge on any atom is -0.490 e. The lowest BCUT2D eigenvalue weighted by molar-refractivity contribution is 0.310. The lowest BCUT2D eigenvalue weighted by atomic mass is 9.99. The van der Waals surface area contributed by atoms with Crippen LogP contribution >= 0.6 is 0 Å². The number of hydrogen-bond acceptors (Lipinski definition) is 2. The summed E-state index contributed by atoms with van der Waals surface area (Å²) < 4.78 is 5.64. The van der Waals surface area contributed by atoms with Crippen LogP contribution in [-0.2, 0) is 0 Å². The summed E-state index contributed by atoms with van der Waals surface area (Å²) in [5, 5.41) is 0. The molecule has 0 saturated carbocycles. The van der Waals surface area contributed by atoms with Gasteiger partial charge in [-0.25, -0.2) is 0 Å². The largest absolute Gasteiger partial charge is 0.490 e. The molecule has 0 bridgehead atoms. The Morgan fingerprint density at radius 2 is 2.14 bits per heavy atom. The number of benzene rings is 1. The average molecular weight is 191 g/mol. The maximum absolute atomic E-state index is 5.64. The maximum atomic E-state index is 5.64. The predicted molar refractivity (Wildman–Crippen MR) is 59.3 cm³/mol. The molecular formula is C12H17NO. The van der Waals surface area contributed by atoms with Crippen molar-refractivity contribution in [3.8, 4) is 5.75 Å². The smallest absolute Gasteiger partial charge is 0.142 e. The van der Waals surface area contributed by atoms with Gasteiger partial charge in [-0.3, -0.25) is 0 Å². The number of ether oxygens (including phenoxy) is 1. The van der Waals surface area contributed by atoms with Gasteiger partial charge in [-0.2, -0.15) is 0 Å². The Kier molecular flexibility index (Phi) is 2.36. The zero-order valence-electron chi connectivity index (χ0n) is 9.08. The summed E-state index contributed by atoms with van der Waals surface area (Å²) >= 11 is 0. The van der Waals surface area contributed by atoms with Gasteiger partial charge in [0.05, 0.1) is 12.2 Å². The van der Waals surface area contributed by atoms with Gasteiger partial charge < -0.3 is 9.64 Å². The van der Waals surface area contributed by atoms with Crippen molar-refractivity contribution < 1.29 is 4.74 Å². The molecule has 0 unspecified atom stereocenters. The monoisotopic (exact) mass is 191 g/mol. The van der Waals surface area contributed by atoms with E-state index in [2.05, 4.69) is 44.0 Å². The number of rotatable bonds is 1. The quantitative estimate of drug-likeness (QED) is 0.676. The Morgan fingerprint density at radius 1 is 1.36 bits per heavy atom. The fourth-order valence-electron chi connectivity index (χ4n) is 1.93. The van der Waals surface area contributed by atoms with Crippen LogP contribution < -0.4 is 9.64 Å². The molecule has 0 fully saturated rings. The van der Waals surface area contributed by atoms with E-state index in [0.717, 1.165) is 18.9 Å². The van der Waals surface area contributed by atoms with Gasteiger partial charge in [-0.1, -0.05) is 26.0 Å². The molecule has 76 valence electrons. The highest BCUT2D eigenvalue weighted by molar-refractivity contribution is 5.65. The summed E-state index contributed by atoms with van der Waals surface area (Å²) in [5.41, 5.74) is 2.65. The van der Waals surface area contributed by atoms with Gasteiger partial charge in [-0.05, 0) is 17.5 Å². The zero-order chi connectivity index (χ0) is 10.1. The SMILES string of the molecule is CC(C)c1cccc2c1N(C)CCO2. The molecule has 0 radical (unpaired) electrons. The van der Waals surface area contributed by atoms with E-state index in [0.29, 0.717) is 5.92 Å². The van der Waals surface area contributed by atoms with Crippen molar-refractivity contribution in [1.82, 2.24) is 0 Å². The molecule has 0 amide bonds. The maximum Gasteiger partial charge on any atom is 0.142 e. The Hall–Kier alpha value is -1.18. The number of likely N-dealkylation sites (N-methyl/N-ethyl adjacent to an activating group) is 1. The van der Waals surface area contributed by atoms with Gasteiger partial charge >= 0.3 is 0 Å². The van der Waals surface area contributed by atoms with Crippen molar-refractivity contribution in [2.24, 2.45) is 0 Å². The first-order valence-corrected chi connectivity index (χ1v) is 5.17. The van der Waals surface area contributed by atoms with E-state index in [1.54, 1.807) is 0 Å². The highest BCUT2D eigenvalue weighted by Crippen LogP contribution is 2.37. The van der Waals surface area contributed by atoms with Crippen LogP contribution in [0, 0.1) is 0 Å². The van der Waals surface area contributed by atoms with Gasteiger partial charge in [0, 0.05) is 7.05 Å². The molecule has 0 aliphatic carbocycles. The Bertz CT molecular complexity index is 333. The fraction of sp³-hybridized carbons (Fsp3) is 0.500. The van der Waals surface area contributed by atoms with E-state index in [-0.39, 0.29) is 0 Å². The molecule has 1 aromatic carbocycles. The molecule has 0 saturated heterocycles. The second-order valence-electron chi connectivity index (χ2n) is 4.12. The summed E-state index contributed by atoms with van der Waals surface area (Å²) in [6.45, 7) is 6.22. The summed E-state index contributed by atoms with van der Waals surface area (Å²) in [5.74, 6) is 1.58. The third kappa shape index (κ3) is 1.45. The molecule has 2 heteroatoms. The van der Waals surface area contributed by atoms with Crippen LogP contribution in [0.1, 0.15) is 25.3 Å². The van der Waals surface area contributed by atoms with Gasteiger partial charge in [-0.15, -0.1) is 0 Å². The second-order valence-corrected chi connectivity index (χ2v) is 4.12. The van der Waals surface area contributed by atoms with Crippen LogP contribution in [-0.4, -0.2) is 20.2 Å². The minimum absolute atomic E-state index is 0.550. The second kappa shape index (κ2) is 3.52. The molecule has 1 aliphatic rings. The Labute approximate surface area is 85.5 Å². The summed E-state index contributed by atoms with van der Waals surface area (Å²) in [6.07, 6.45) is 0. The van der Waals surface area contributed by atoms with Gasteiger partial charge in [0.1, 0.15) is 12.4 Å². The van der Waals surface area contributed by atoms with Gasteiger partial charge in [0.25, 0.3) is 0 Å². The molecule has 1 heterocycles. The lowest BCUT2D eigenvalue weighted by Gasteiger charge is -2.30. The molecule has 14 heavy (non-hydrogen) atoms. The molecule has 0 N–H and O–H groups in total. The third-order valence-corrected chi connectivity index (χ3v) is 2.72. The number of fused-ring (bicyclic) bond motifs is 1. The van der Waals surface area contributed by atoms with Crippen molar-refractivity contribution in [2.75, 3.05) is 25.1 Å². The normalized spacial score (nSPS) is 15.3. The van der Waals surface area contributed by atoms with Gasteiger partial charge in [0.15, 0.2) is 0 Å². The van der Waals surface area contributed by atoms with Crippen LogP contribution in [0.25, 0.3) is 0 Å². The fourth-order valence-corrected chi connectivity index (χ4v) is 1.93. The van der Waals surface area contributed by atoms with Crippen LogP contribution in [0.3, 0.4) is 0 Å². The standard InChI is InChI=1S/C12H17NO/c1-9(2)10-5-4-6-11-12(10)13(3)7-8-14-11/h4-6,9H,7-8H2,1-3H3. The Balaban J connectivity index is 2.52. The van der Waals surface area contributed by atoms with Crippen molar-refractivity contribution in [1.29, 1.82) is 0 Å². The molecule has 1 aromatic rings. The average Bonchev–Trinajstić information content (AvgIpc) is 2.17. The third-order valence-electron chi connectivity index (χ3n) is 2.72. The summed E-state index contributed by atoms with van der Waals surface area (Å²) in [4.78, 5) is 2.29. The van der Waals surface area contributed by atoms with Crippen LogP contribution in [0.4, 0.5) is 5.69 Å². The van der Waals surface area contributed by atoms with Crippen molar-refractivity contribution >= 4 is 5.69 Å². The van der Waals surface area contributed by atoms with Crippen LogP contribution in [0.2, 0.25) is 0 Å². The molecule has 0 aromatic heterocycles. The molecule has 2 rings (SSSR count). The van der Waals surface area contributed by atoms with Gasteiger partial charge in [0.2, 0.25) is 0 Å². The van der Waals surface area contributed by atoms with E-state index in [1.165, 1.54) is 11.3 Å². The van der Waals surface area contributed by atoms with Crippen LogP contribution in [0.5, 0.6) is 5.75 Å². The first-order valence-electron chi connectivity index (χ1n) is 5.17. The zero-order valence-corrected chi connectivity index (χ0v) is 9.08. The molecular weight excluding hydrogens is 174 g/mol. The van der Waals surface area contributed by atoms with E-state index < -0.39 is 0 Å². The first-order chi connectivity index (χ1) is 6.70. The van der Waals surface area contributed by atoms with Crippen molar-refractivity contribution in [3.05, 3.63) is 23.8 Å². The van der Waals surface area contributed by atoms with E-state index in [1.807, 2.05) is 0 Å². The molecule has 2 nitrogen and oxygen atoms in total. The van der Waals surface area contributed by atoms with Crippen molar-refractivity contribution in [2.45, 2.75) is 19.8 Å². The molecule has 0 atom stereocenters. The van der Waals surface area contributed by atoms with E-state index in [9.17, 15) is 0 Å². The number of hydrogen-bond donors (Lipinski definition) is 0.